The predicted octanol–water partition coefficient (Wildman–Crippen LogP) is 1.75. The highest BCUT2D eigenvalue weighted by atomic mass is 16.2. The number of aromatic nitrogens is 3. The van der Waals surface area contributed by atoms with Gasteiger partial charge in [0.2, 0.25) is 0 Å². The Kier molecular flexibility index (Phi) is 3.41. The maximum absolute atomic E-state index is 12.1. The molecule has 1 aromatic heterocycles. The number of hydrogen-bond donors (Lipinski definition) is 0. The minimum atomic E-state index is 0.0233. The van der Waals surface area contributed by atoms with Gasteiger partial charge in [-0.3, -0.25) is 4.79 Å². The van der Waals surface area contributed by atoms with Gasteiger partial charge in [0.1, 0.15) is 12.7 Å². The molecule has 1 amide bonds. The van der Waals surface area contributed by atoms with Gasteiger partial charge in [-0.1, -0.05) is 0 Å². The minimum Gasteiger partial charge on any atom is -0.339 e. The summed E-state index contributed by atoms with van der Waals surface area (Å²) in [5.74, 6) is 0.0233. The molecule has 0 radical (unpaired) electrons. The second-order valence-corrected chi connectivity index (χ2v) is 4.40. The Balaban J connectivity index is 2.20. The summed E-state index contributed by atoms with van der Waals surface area (Å²) in [4.78, 5) is 17.7. The lowest BCUT2D eigenvalue weighted by Gasteiger charge is -2.21. The summed E-state index contributed by atoms with van der Waals surface area (Å²) in [6.45, 7) is 3.98. The van der Waals surface area contributed by atoms with Gasteiger partial charge in [-0.2, -0.15) is 5.10 Å². The van der Waals surface area contributed by atoms with E-state index in [4.69, 9.17) is 0 Å². The van der Waals surface area contributed by atoms with Gasteiger partial charge in [-0.15, -0.1) is 0 Å². The number of carbonyl (C=O) groups is 1. The van der Waals surface area contributed by atoms with E-state index in [1.165, 1.54) is 6.33 Å². The van der Waals surface area contributed by atoms with Crippen LogP contribution in [0.1, 0.15) is 24.2 Å². The Hall–Kier alpha value is -2.17. The number of rotatable bonds is 3. The molecule has 0 aliphatic carbocycles. The van der Waals surface area contributed by atoms with Gasteiger partial charge in [0.05, 0.1) is 5.69 Å². The maximum Gasteiger partial charge on any atom is 0.253 e. The van der Waals surface area contributed by atoms with E-state index in [2.05, 4.69) is 10.1 Å². The lowest BCUT2D eigenvalue weighted by Crippen LogP contribution is -2.32. The Morgan fingerprint density at radius 1 is 1.28 bits per heavy atom. The van der Waals surface area contributed by atoms with Crippen molar-refractivity contribution in [1.82, 2.24) is 19.7 Å². The molecule has 0 fully saturated rings. The molecule has 2 aromatic rings. The van der Waals surface area contributed by atoms with Gasteiger partial charge in [-0.25, -0.2) is 9.67 Å². The molecule has 5 nitrogen and oxygen atoms in total. The van der Waals surface area contributed by atoms with E-state index in [9.17, 15) is 4.79 Å². The Labute approximate surface area is 106 Å². The van der Waals surface area contributed by atoms with E-state index in [-0.39, 0.29) is 11.9 Å². The van der Waals surface area contributed by atoms with Gasteiger partial charge in [0, 0.05) is 18.7 Å². The van der Waals surface area contributed by atoms with E-state index in [1.807, 2.05) is 26.0 Å². The standard InChI is InChI=1S/C13H16N4O/c1-10(2)16(3)13(18)11-4-6-12(7-5-11)17-9-14-8-15-17/h4-10H,1-3H3. The van der Waals surface area contributed by atoms with Crippen LogP contribution in [0.5, 0.6) is 0 Å². The molecule has 0 unspecified atom stereocenters. The molecule has 0 N–H and O–H groups in total. The third kappa shape index (κ3) is 2.40. The highest BCUT2D eigenvalue weighted by molar-refractivity contribution is 5.94. The third-order valence-electron chi connectivity index (χ3n) is 2.89. The Morgan fingerprint density at radius 2 is 1.94 bits per heavy atom. The zero-order valence-corrected chi connectivity index (χ0v) is 10.7. The van der Waals surface area contributed by atoms with E-state index in [1.54, 1.807) is 35.1 Å². The van der Waals surface area contributed by atoms with Crippen LogP contribution in [0.2, 0.25) is 0 Å². The smallest absolute Gasteiger partial charge is 0.253 e. The third-order valence-corrected chi connectivity index (χ3v) is 2.89. The lowest BCUT2D eigenvalue weighted by molar-refractivity contribution is 0.0755. The molecular formula is C13H16N4O. The molecule has 94 valence electrons. The Morgan fingerprint density at radius 3 is 2.44 bits per heavy atom. The molecule has 5 heteroatoms. The predicted molar refractivity (Wildman–Crippen MR) is 68.6 cm³/mol. The fourth-order valence-electron chi connectivity index (χ4n) is 1.54. The summed E-state index contributed by atoms with van der Waals surface area (Å²) < 4.78 is 1.65. The highest BCUT2D eigenvalue weighted by Crippen LogP contribution is 2.11. The van der Waals surface area contributed by atoms with Crippen molar-refractivity contribution in [2.75, 3.05) is 7.05 Å². The number of hydrogen-bond acceptors (Lipinski definition) is 3. The van der Waals surface area contributed by atoms with Crippen LogP contribution in [0.25, 0.3) is 5.69 Å². The first kappa shape index (κ1) is 12.3. The first-order valence-corrected chi connectivity index (χ1v) is 5.82. The number of nitrogens with zero attached hydrogens (tertiary/aromatic N) is 4. The summed E-state index contributed by atoms with van der Waals surface area (Å²) in [6.07, 6.45) is 3.10. The number of carbonyl (C=O) groups excluding carboxylic acids is 1. The molecule has 0 aliphatic heterocycles. The first-order valence-electron chi connectivity index (χ1n) is 5.82. The van der Waals surface area contributed by atoms with Gasteiger partial charge >= 0.3 is 0 Å². The van der Waals surface area contributed by atoms with Crippen molar-refractivity contribution in [2.45, 2.75) is 19.9 Å². The van der Waals surface area contributed by atoms with Crippen LogP contribution >= 0.6 is 0 Å². The molecular weight excluding hydrogens is 228 g/mol. The molecule has 0 spiro atoms. The second-order valence-electron chi connectivity index (χ2n) is 4.40. The molecule has 2 rings (SSSR count). The average molecular weight is 244 g/mol. The van der Waals surface area contributed by atoms with Gasteiger partial charge in [0.15, 0.2) is 0 Å². The minimum absolute atomic E-state index is 0.0233. The van der Waals surface area contributed by atoms with Crippen LogP contribution in [0.3, 0.4) is 0 Å². The highest BCUT2D eigenvalue weighted by Gasteiger charge is 2.13. The summed E-state index contributed by atoms with van der Waals surface area (Å²) in [5.41, 5.74) is 1.56. The second kappa shape index (κ2) is 5.00. The normalized spacial score (nSPS) is 10.7. The average Bonchev–Trinajstić information content (AvgIpc) is 2.91. The molecule has 18 heavy (non-hydrogen) atoms. The van der Waals surface area contributed by atoms with Crippen LogP contribution in [-0.4, -0.2) is 38.7 Å². The van der Waals surface area contributed by atoms with Crippen LogP contribution < -0.4 is 0 Å². The number of amides is 1. The maximum atomic E-state index is 12.1. The largest absolute Gasteiger partial charge is 0.339 e. The van der Waals surface area contributed by atoms with Gasteiger partial charge in [0.25, 0.3) is 5.91 Å². The summed E-state index contributed by atoms with van der Waals surface area (Å²) in [5, 5.41) is 4.03. The van der Waals surface area contributed by atoms with Crippen molar-refractivity contribution in [2.24, 2.45) is 0 Å². The lowest BCUT2D eigenvalue weighted by atomic mass is 10.1. The van der Waals surface area contributed by atoms with Crippen molar-refractivity contribution < 1.29 is 4.79 Å². The molecule has 0 saturated heterocycles. The van der Waals surface area contributed by atoms with Crippen molar-refractivity contribution in [3.8, 4) is 5.69 Å². The fourth-order valence-corrected chi connectivity index (χ4v) is 1.54. The summed E-state index contributed by atoms with van der Waals surface area (Å²) in [7, 11) is 1.80. The van der Waals surface area contributed by atoms with Gasteiger partial charge < -0.3 is 4.90 Å². The zero-order chi connectivity index (χ0) is 13.1. The molecule has 1 heterocycles. The summed E-state index contributed by atoms with van der Waals surface area (Å²) in [6, 6.07) is 7.51. The fraction of sp³-hybridized carbons (Fsp3) is 0.308. The number of benzene rings is 1. The summed E-state index contributed by atoms with van der Waals surface area (Å²) >= 11 is 0. The first-order chi connectivity index (χ1) is 8.59. The topological polar surface area (TPSA) is 51.0 Å². The van der Waals surface area contributed by atoms with E-state index in [0.29, 0.717) is 5.56 Å². The van der Waals surface area contributed by atoms with E-state index in [0.717, 1.165) is 5.69 Å². The van der Waals surface area contributed by atoms with Crippen LogP contribution in [0.15, 0.2) is 36.9 Å². The Bertz CT molecular complexity index is 516. The van der Waals surface area contributed by atoms with Crippen molar-refractivity contribution in [1.29, 1.82) is 0 Å². The van der Waals surface area contributed by atoms with Crippen molar-refractivity contribution in [3.63, 3.8) is 0 Å². The van der Waals surface area contributed by atoms with E-state index >= 15 is 0 Å². The van der Waals surface area contributed by atoms with Crippen LogP contribution in [0, 0.1) is 0 Å². The molecule has 0 saturated carbocycles. The SMILES string of the molecule is CC(C)N(C)C(=O)c1ccc(-n2cncn2)cc1. The van der Waals surface area contributed by atoms with Crippen molar-refractivity contribution >= 4 is 5.91 Å². The van der Waals surface area contributed by atoms with Crippen molar-refractivity contribution in [3.05, 3.63) is 42.5 Å². The zero-order valence-electron chi connectivity index (χ0n) is 10.7. The van der Waals surface area contributed by atoms with Gasteiger partial charge in [-0.05, 0) is 38.1 Å². The molecule has 0 atom stereocenters. The van der Waals surface area contributed by atoms with Crippen LogP contribution in [-0.2, 0) is 0 Å². The monoisotopic (exact) mass is 244 g/mol. The quantitative estimate of drug-likeness (QED) is 0.826. The van der Waals surface area contributed by atoms with E-state index < -0.39 is 0 Å². The molecule has 0 bridgehead atoms. The molecule has 0 aliphatic rings. The molecule has 1 aromatic carbocycles. The van der Waals surface area contributed by atoms with Crippen LogP contribution in [0.4, 0.5) is 0 Å².